The molecule has 0 aromatic rings. The SMILES string of the molecule is CN1CCS/C1=C/C=O. The largest absolute Gasteiger partial charge is 0.369 e. The van der Waals surface area contributed by atoms with E-state index in [1.54, 1.807) is 17.8 Å². The lowest BCUT2D eigenvalue weighted by Gasteiger charge is -2.08. The van der Waals surface area contributed by atoms with Crippen molar-refractivity contribution in [2.45, 2.75) is 0 Å². The molecule has 0 radical (unpaired) electrons. The van der Waals surface area contributed by atoms with E-state index in [9.17, 15) is 4.79 Å². The van der Waals surface area contributed by atoms with E-state index in [1.165, 1.54) is 0 Å². The summed E-state index contributed by atoms with van der Waals surface area (Å²) in [5.74, 6) is 1.11. The molecule has 0 amide bonds. The van der Waals surface area contributed by atoms with Gasteiger partial charge in [0.2, 0.25) is 0 Å². The van der Waals surface area contributed by atoms with Crippen molar-refractivity contribution in [2.75, 3.05) is 19.3 Å². The fourth-order valence-electron chi connectivity index (χ4n) is 0.741. The topological polar surface area (TPSA) is 20.3 Å². The molecule has 1 rings (SSSR count). The van der Waals surface area contributed by atoms with E-state index >= 15 is 0 Å². The van der Waals surface area contributed by atoms with Crippen LogP contribution in [0.15, 0.2) is 11.1 Å². The summed E-state index contributed by atoms with van der Waals surface area (Å²) in [7, 11) is 2.00. The Morgan fingerprint density at radius 3 is 3.00 bits per heavy atom. The van der Waals surface area contributed by atoms with E-state index in [-0.39, 0.29) is 0 Å². The molecule has 0 aromatic heterocycles. The quantitative estimate of drug-likeness (QED) is 0.398. The second-order valence-corrected chi connectivity index (χ2v) is 3.03. The lowest BCUT2D eigenvalue weighted by Crippen LogP contribution is -2.10. The van der Waals surface area contributed by atoms with Crippen LogP contribution in [0.1, 0.15) is 0 Å². The highest BCUT2D eigenvalue weighted by atomic mass is 32.2. The normalized spacial score (nSPS) is 23.2. The first kappa shape index (κ1) is 6.68. The molecule has 0 unspecified atom stereocenters. The standard InChI is InChI=1S/C6H9NOS/c1-7-3-5-9-6(7)2-4-8/h2,4H,3,5H2,1H3/b6-2+. The lowest BCUT2D eigenvalue weighted by molar-refractivity contribution is -0.104. The molecule has 0 bridgehead atoms. The first-order valence-corrected chi connectivity index (χ1v) is 3.82. The summed E-state index contributed by atoms with van der Waals surface area (Å²) in [5.41, 5.74) is 0. The molecule has 0 atom stereocenters. The van der Waals surface area contributed by atoms with Crippen molar-refractivity contribution in [2.24, 2.45) is 0 Å². The highest BCUT2D eigenvalue weighted by molar-refractivity contribution is 8.03. The number of carbonyl (C=O) groups excluding carboxylic acids is 1. The van der Waals surface area contributed by atoms with E-state index in [0.29, 0.717) is 0 Å². The van der Waals surface area contributed by atoms with E-state index in [2.05, 4.69) is 4.90 Å². The van der Waals surface area contributed by atoms with Gasteiger partial charge in [-0.2, -0.15) is 0 Å². The number of carbonyl (C=O) groups is 1. The second-order valence-electron chi connectivity index (χ2n) is 1.91. The molecule has 1 fully saturated rings. The van der Waals surface area contributed by atoms with Crippen LogP contribution in [0.4, 0.5) is 0 Å². The number of nitrogens with zero attached hydrogens (tertiary/aromatic N) is 1. The smallest absolute Gasteiger partial charge is 0.145 e. The van der Waals surface area contributed by atoms with Crippen LogP contribution in [-0.4, -0.2) is 30.5 Å². The third kappa shape index (κ3) is 1.48. The molecule has 0 N–H and O–H groups in total. The summed E-state index contributed by atoms with van der Waals surface area (Å²) < 4.78 is 0. The van der Waals surface area contributed by atoms with Crippen LogP contribution >= 0.6 is 11.8 Å². The summed E-state index contributed by atoms with van der Waals surface area (Å²) in [6.07, 6.45) is 2.45. The van der Waals surface area contributed by atoms with Gasteiger partial charge in [0.05, 0.1) is 5.03 Å². The maximum absolute atomic E-state index is 9.99. The van der Waals surface area contributed by atoms with Crippen molar-refractivity contribution in [3.63, 3.8) is 0 Å². The van der Waals surface area contributed by atoms with Gasteiger partial charge in [-0.25, -0.2) is 0 Å². The van der Waals surface area contributed by atoms with Gasteiger partial charge in [0.25, 0.3) is 0 Å². The van der Waals surface area contributed by atoms with Gasteiger partial charge in [-0.1, -0.05) is 0 Å². The number of aldehydes is 1. The molecule has 1 aliphatic rings. The van der Waals surface area contributed by atoms with Gasteiger partial charge < -0.3 is 4.90 Å². The molecular weight excluding hydrogens is 134 g/mol. The van der Waals surface area contributed by atoms with Gasteiger partial charge in [0.1, 0.15) is 6.29 Å². The number of allylic oxidation sites excluding steroid dienone is 1. The second kappa shape index (κ2) is 2.92. The first-order valence-electron chi connectivity index (χ1n) is 2.84. The number of rotatable bonds is 1. The fourth-order valence-corrected chi connectivity index (χ4v) is 1.78. The summed E-state index contributed by atoms with van der Waals surface area (Å²) in [6, 6.07) is 0. The van der Waals surface area contributed by atoms with E-state index in [4.69, 9.17) is 0 Å². The average molecular weight is 143 g/mol. The van der Waals surface area contributed by atoms with E-state index < -0.39 is 0 Å². The monoisotopic (exact) mass is 143 g/mol. The Kier molecular flexibility index (Phi) is 2.16. The summed E-state index contributed by atoms with van der Waals surface area (Å²) in [5, 5.41) is 1.09. The van der Waals surface area contributed by atoms with E-state index in [1.807, 2.05) is 7.05 Å². The van der Waals surface area contributed by atoms with Crippen LogP contribution in [0.3, 0.4) is 0 Å². The molecule has 9 heavy (non-hydrogen) atoms. The molecule has 50 valence electrons. The molecule has 1 saturated heterocycles. The first-order chi connectivity index (χ1) is 4.34. The van der Waals surface area contributed by atoms with Crippen molar-refractivity contribution in [1.29, 1.82) is 0 Å². The van der Waals surface area contributed by atoms with Crippen LogP contribution in [0.25, 0.3) is 0 Å². The third-order valence-electron chi connectivity index (χ3n) is 1.26. The Morgan fingerprint density at radius 2 is 2.56 bits per heavy atom. The van der Waals surface area contributed by atoms with Gasteiger partial charge in [-0.15, -0.1) is 11.8 Å². The Morgan fingerprint density at radius 1 is 1.78 bits per heavy atom. The Labute approximate surface area is 58.9 Å². The van der Waals surface area contributed by atoms with Crippen LogP contribution in [0.5, 0.6) is 0 Å². The molecule has 3 heteroatoms. The minimum atomic E-state index is 0.837. The van der Waals surface area contributed by atoms with E-state index in [0.717, 1.165) is 23.6 Å². The minimum absolute atomic E-state index is 0.837. The van der Waals surface area contributed by atoms with Crippen LogP contribution < -0.4 is 0 Å². The molecule has 0 aromatic carbocycles. The van der Waals surface area contributed by atoms with Gasteiger partial charge >= 0.3 is 0 Å². The predicted octanol–water partition coefficient (Wildman–Crippen LogP) is 0.705. The number of hydrogen-bond donors (Lipinski definition) is 0. The van der Waals surface area contributed by atoms with Gasteiger partial charge in [0.15, 0.2) is 0 Å². The predicted molar refractivity (Wildman–Crippen MR) is 39.2 cm³/mol. The average Bonchev–Trinajstić information content (AvgIpc) is 2.18. The number of hydrogen-bond acceptors (Lipinski definition) is 3. The number of thioether (sulfide) groups is 1. The van der Waals surface area contributed by atoms with Crippen molar-refractivity contribution in [3.05, 3.63) is 11.1 Å². The van der Waals surface area contributed by atoms with Crippen molar-refractivity contribution in [1.82, 2.24) is 4.90 Å². The molecule has 0 saturated carbocycles. The zero-order valence-electron chi connectivity index (χ0n) is 5.33. The van der Waals surface area contributed by atoms with Crippen molar-refractivity contribution >= 4 is 18.0 Å². The Balaban J connectivity index is 2.58. The van der Waals surface area contributed by atoms with Gasteiger partial charge in [-0.05, 0) is 0 Å². The van der Waals surface area contributed by atoms with Crippen LogP contribution in [0.2, 0.25) is 0 Å². The maximum atomic E-state index is 9.99. The molecule has 1 aliphatic heterocycles. The Hall–Kier alpha value is -0.440. The van der Waals surface area contributed by atoms with Crippen LogP contribution in [0, 0.1) is 0 Å². The summed E-state index contributed by atoms with van der Waals surface area (Å²) >= 11 is 1.73. The fraction of sp³-hybridized carbons (Fsp3) is 0.500. The molecule has 2 nitrogen and oxygen atoms in total. The lowest BCUT2D eigenvalue weighted by atomic mass is 10.6. The Bertz CT molecular complexity index is 144. The van der Waals surface area contributed by atoms with Gasteiger partial charge in [-0.3, -0.25) is 4.79 Å². The van der Waals surface area contributed by atoms with Gasteiger partial charge in [0, 0.05) is 25.4 Å². The van der Waals surface area contributed by atoms with Crippen molar-refractivity contribution < 1.29 is 4.79 Å². The molecule has 0 spiro atoms. The summed E-state index contributed by atoms with van der Waals surface area (Å²) in [4.78, 5) is 12.1. The zero-order valence-corrected chi connectivity index (χ0v) is 6.15. The maximum Gasteiger partial charge on any atom is 0.145 e. The van der Waals surface area contributed by atoms with Crippen LogP contribution in [-0.2, 0) is 4.79 Å². The minimum Gasteiger partial charge on any atom is -0.369 e. The third-order valence-corrected chi connectivity index (χ3v) is 2.39. The molecule has 1 heterocycles. The molecular formula is C6H9NOS. The molecule has 0 aliphatic carbocycles. The zero-order chi connectivity index (χ0) is 6.69. The highest BCUT2D eigenvalue weighted by Crippen LogP contribution is 2.24. The van der Waals surface area contributed by atoms with Crippen molar-refractivity contribution in [3.8, 4) is 0 Å². The highest BCUT2D eigenvalue weighted by Gasteiger charge is 2.11. The summed E-state index contributed by atoms with van der Waals surface area (Å²) in [6.45, 7) is 1.06.